The van der Waals surface area contributed by atoms with Crippen LogP contribution in [0.5, 0.6) is 0 Å². The minimum Gasteiger partial charge on any atom is -0.453 e. The zero-order chi connectivity index (χ0) is 22.3. The van der Waals surface area contributed by atoms with Gasteiger partial charge >= 0.3 is 11.8 Å². The van der Waals surface area contributed by atoms with Gasteiger partial charge in [0.25, 0.3) is 0 Å². The van der Waals surface area contributed by atoms with Crippen LogP contribution in [0.1, 0.15) is 31.7 Å². The summed E-state index contributed by atoms with van der Waals surface area (Å²) >= 11 is 0. The summed E-state index contributed by atoms with van der Waals surface area (Å²) in [6.07, 6.45) is 3.72. The third-order valence-corrected chi connectivity index (χ3v) is 7.42. The first-order valence-corrected chi connectivity index (χ1v) is 12.3. The summed E-state index contributed by atoms with van der Waals surface area (Å²) in [6.45, 7) is 2.80. The minimum absolute atomic E-state index is 0.200. The molecule has 1 aromatic carbocycles. The van der Waals surface area contributed by atoms with Gasteiger partial charge in [-0.25, -0.2) is 22.4 Å². The molecular formula is C20H27FN4O5S. The molecule has 0 bridgehead atoms. The Morgan fingerprint density at radius 1 is 1.03 bits per heavy atom. The first kappa shape index (κ1) is 21.8. The van der Waals surface area contributed by atoms with Crippen LogP contribution in [0.4, 0.5) is 9.18 Å². The molecule has 2 aliphatic rings. The van der Waals surface area contributed by atoms with Crippen molar-refractivity contribution >= 4 is 27.1 Å². The number of carbonyl (C=O) groups excluding carboxylic acids is 1. The van der Waals surface area contributed by atoms with E-state index < -0.39 is 21.5 Å². The fraction of sp³-hybridized carbons (Fsp3) is 0.600. The van der Waals surface area contributed by atoms with Gasteiger partial charge in [-0.05, 0) is 43.9 Å². The highest BCUT2D eigenvalue weighted by atomic mass is 32.2. The Kier molecular flexibility index (Phi) is 5.82. The smallest absolute Gasteiger partial charge is 0.409 e. The fourth-order valence-electron chi connectivity index (χ4n) is 4.89. The largest absolute Gasteiger partial charge is 0.453 e. The van der Waals surface area contributed by atoms with E-state index in [9.17, 15) is 22.4 Å². The highest BCUT2D eigenvalue weighted by Crippen LogP contribution is 2.29. The molecule has 31 heavy (non-hydrogen) atoms. The number of hydrogen-bond acceptors (Lipinski definition) is 6. The maximum atomic E-state index is 13.9. The molecule has 1 aromatic heterocycles. The summed E-state index contributed by atoms with van der Waals surface area (Å²) in [5, 5.41) is 0. The van der Waals surface area contributed by atoms with E-state index in [1.54, 1.807) is 4.90 Å². The molecule has 0 radical (unpaired) electrons. The number of carbonyl (C=O) groups is 1. The molecule has 9 nitrogen and oxygen atoms in total. The molecular weight excluding hydrogens is 427 g/mol. The standard InChI is InChI=1S/C20H27FN4O5S/c1-30-20(27)23-11-5-15(6-12-23)22-9-7-16(8-10-22)24-18-13-14(21)3-4-17(18)25(19(24)26)31(2,28)29/h3-4,13,15-16H,5-12H2,1-2H3. The SMILES string of the molecule is COC(=O)N1CCC(N2CCC(n3c(=O)n(S(C)(=O)=O)c4ccc(F)cc43)CC2)CC1. The number of aromatic nitrogens is 2. The Bertz CT molecular complexity index is 1140. The molecule has 2 aliphatic heterocycles. The van der Waals surface area contributed by atoms with Gasteiger partial charge in [-0.1, -0.05) is 0 Å². The van der Waals surface area contributed by atoms with Crippen molar-refractivity contribution in [2.75, 3.05) is 39.5 Å². The Balaban J connectivity index is 1.52. The number of methoxy groups -OCH3 is 1. The van der Waals surface area contributed by atoms with E-state index in [0.29, 0.717) is 37.5 Å². The van der Waals surface area contributed by atoms with Crippen molar-refractivity contribution in [3.05, 3.63) is 34.5 Å². The molecule has 2 fully saturated rings. The van der Waals surface area contributed by atoms with Crippen LogP contribution < -0.4 is 5.69 Å². The molecule has 0 aliphatic carbocycles. The van der Waals surface area contributed by atoms with Crippen molar-refractivity contribution in [1.29, 1.82) is 0 Å². The normalized spacial score (nSPS) is 19.8. The van der Waals surface area contributed by atoms with Gasteiger partial charge in [-0.2, -0.15) is 3.97 Å². The molecule has 0 saturated carbocycles. The van der Waals surface area contributed by atoms with Crippen LogP contribution in [0, 0.1) is 5.82 Å². The van der Waals surface area contributed by atoms with Crippen molar-refractivity contribution in [3.63, 3.8) is 0 Å². The number of piperidine rings is 2. The molecule has 170 valence electrons. The van der Waals surface area contributed by atoms with E-state index >= 15 is 0 Å². The predicted octanol–water partition coefficient (Wildman–Crippen LogP) is 1.62. The summed E-state index contributed by atoms with van der Waals surface area (Å²) in [4.78, 5) is 28.8. The number of halogens is 1. The third kappa shape index (κ3) is 4.08. The van der Waals surface area contributed by atoms with E-state index in [4.69, 9.17) is 4.74 Å². The highest BCUT2D eigenvalue weighted by Gasteiger charge is 2.32. The van der Waals surface area contributed by atoms with E-state index in [1.807, 2.05) is 0 Å². The van der Waals surface area contributed by atoms with Crippen molar-refractivity contribution in [3.8, 4) is 0 Å². The average molecular weight is 455 g/mol. The molecule has 2 saturated heterocycles. The van der Waals surface area contributed by atoms with Crippen LogP contribution in [0.15, 0.2) is 23.0 Å². The number of nitrogens with zero attached hydrogens (tertiary/aromatic N) is 4. The quantitative estimate of drug-likeness (QED) is 0.700. The number of likely N-dealkylation sites (tertiary alicyclic amines) is 2. The monoisotopic (exact) mass is 454 g/mol. The number of fused-ring (bicyclic) bond motifs is 1. The van der Waals surface area contributed by atoms with Crippen LogP contribution >= 0.6 is 0 Å². The molecule has 11 heteroatoms. The maximum absolute atomic E-state index is 13.9. The van der Waals surface area contributed by atoms with Crippen LogP contribution in [-0.2, 0) is 14.8 Å². The summed E-state index contributed by atoms with van der Waals surface area (Å²) in [7, 11) is -2.44. The van der Waals surface area contributed by atoms with Gasteiger partial charge in [-0.3, -0.25) is 4.57 Å². The van der Waals surface area contributed by atoms with E-state index in [2.05, 4.69) is 4.90 Å². The summed E-state index contributed by atoms with van der Waals surface area (Å²) in [5.41, 5.74) is -0.139. The zero-order valence-electron chi connectivity index (χ0n) is 17.7. The van der Waals surface area contributed by atoms with Crippen molar-refractivity contribution in [2.45, 2.75) is 37.8 Å². The maximum Gasteiger partial charge on any atom is 0.409 e. The number of imidazole rings is 1. The number of rotatable bonds is 3. The van der Waals surface area contributed by atoms with Gasteiger partial charge in [0.2, 0.25) is 10.0 Å². The molecule has 0 spiro atoms. The molecule has 0 atom stereocenters. The average Bonchev–Trinajstić information content (AvgIpc) is 3.04. The Morgan fingerprint density at radius 2 is 1.65 bits per heavy atom. The third-order valence-electron chi connectivity index (χ3n) is 6.41. The number of amides is 1. The Morgan fingerprint density at radius 3 is 2.23 bits per heavy atom. The second-order valence-corrected chi connectivity index (χ2v) is 10.1. The number of benzene rings is 1. The lowest BCUT2D eigenvalue weighted by molar-refractivity contribution is 0.0686. The molecule has 1 amide bonds. The van der Waals surface area contributed by atoms with E-state index in [1.165, 1.54) is 23.8 Å². The van der Waals surface area contributed by atoms with Gasteiger partial charge in [0.05, 0.1) is 24.4 Å². The lowest BCUT2D eigenvalue weighted by Gasteiger charge is -2.41. The van der Waals surface area contributed by atoms with Gasteiger partial charge < -0.3 is 14.5 Å². The molecule has 4 rings (SSSR count). The molecule has 0 N–H and O–H groups in total. The summed E-state index contributed by atoms with van der Waals surface area (Å²) < 4.78 is 45.3. The van der Waals surface area contributed by atoms with Crippen molar-refractivity contribution in [1.82, 2.24) is 18.3 Å². The lowest BCUT2D eigenvalue weighted by atomic mass is 9.97. The molecule has 3 heterocycles. The van der Waals surface area contributed by atoms with Crippen molar-refractivity contribution < 1.29 is 22.3 Å². The summed E-state index contributed by atoms with van der Waals surface area (Å²) in [6, 6.07) is 3.89. The fourth-order valence-corrected chi connectivity index (χ4v) is 5.77. The Labute approximate surface area is 180 Å². The van der Waals surface area contributed by atoms with E-state index in [-0.39, 0.29) is 17.7 Å². The van der Waals surface area contributed by atoms with Crippen LogP contribution in [0.2, 0.25) is 0 Å². The second kappa shape index (κ2) is 8.27. The second-order valence-electron chi connectivity index (χ2n) is 8.27. The topological polar surface area (TPSA) is 93.8 Å². The minimum atomic E-state index is -3.83. The zero-order valence-corrected chi connectivity index (χ0v) is 18.5. The van der Waals surface area contributed by atoms with Gasteiger partial charge in [0, 0.05) is 38.3 Å². The van der Waals surface area contributed by atoms with Crippen LogP contribution in [-0.4, -0.2) is 78.4 Å². The predicted molar refractivity (Wildman–Crippen MR) is 113 cm³/mol. The van der Waals surface area contributed by atoms with Gasteiger partial charge in [-0.15, -0.1) is 0 Å². The first-order valence-electron chi connectivity index (χ1n) is 10.4. The van der Waals surface area contributed by atoms with E-state index in [0.717, 1.165) is 42.2 Å². The first-order chi connectivity index (χ1) is 14.7. The van der Waals surface area contributed by atoms with Gasteiger partial charge in [0.15, 0.2) is 0 Å². The number of hydrogen-bond donors (Lipinski definition) is 0. The highest BCUT2D eigenvalue weighted by molar-refractivity contribution is 7.89. The number of ether oxygens (including phenoxy) is 1. The van der Waals surface area contributed by atoms with Crippen LogP contribution in [0.3, 0.4) is 0 Å². The Hall–Kier alpha value is -2.40. The van der Waals surface area contributed by atoms with Crippen molar-refractivity contribution in [2.24, 2.45) is 0 Å². The van der Waals surface area contributed by atoms with Crippen LogP contribution in [0.25, 0.3) is 11.0 Å². The molecule has 0 unspecified atom stereocenters. The summed E-state index contributed by atoms with van der Waals surface area (Å²) in [5.74, 6) is -0.512. The lowest BCUT2D eigenvalue weighted by Crippen LogP contribution is -2.49. The van der Waals surface area contributed by atoms with Gasteiger partial charge in [0.1, 0.15) is 5.82 Å². The molecule has 2 aromatic rings.